The third kappa shape index (κ3) is 5.22. The molecular weight excluding hydrogens is 210 g/mol. The molecule has 1 aromatic carbocycles. The van der Waals surface area contributed by atoms with Crippen LogP contribution in [0.2, 0.25) is 0 Å². The third-order valence-electron chi connectivity index (χ3n) is 2.92. The molecule has 96 valence electrons. The van der Waals surface area contributed by atoms with E-state index in [0.29, 0.717) is 6.61 Å². The quantitative estimate of drug-likeness (QED) is 0.777. The molecule has 0 saturated carbocycles. The molecule has 0 spiro atoms. The molecular formula is C15H25NO. The van der Waals surface area contributed by atoms with Gasteiger partial charge in [0.25, 0.3) is 0 Å². The van der Waals surface area contributed by atoms with Gasteiger partial charge in [-0.25, -0.2) is 0 Å². The van der Waals surface area contributed by atoms with Crippen LogP contribution in [0.5, 0.6) is 5.75 Å². The van der Waals surface area contributed by atoms with Gasteiger partial charge in [-0.1, -0.05) is 38.8 Å². The van der Waals surface area contributed by atoms with Crippen molar-refractivity contribution in [2.24, 2.45) is 11.7 Å². The lowest BCUT2D eigenvalue weighted by molar-refractivity contribution is 0.340. The van der Waals surface area contributed by atoms with Crippen molar-refractivity contribution in [2.45, 2.75) is 46.1 Å². The highest BCUT2D eigenvalue weighted by Crippen LogP contribution is 2.21. The molecule has 0 aliphatic carbocycles. The van der Waals surface area contributed by atoms with Crippen molar-refractivity contribution in [3.05, 3.63) is 29.8 Å². The molecule has 1 unspecified atom stereocenters. The maximum absolute atomic E-state index is 6.16. The van der Waals surface area contributed by atoms with E-state index in [2.05, 4.69) is 26.0 Å². The van der Waals surface area contributed by atoms with Crippen molar-refractivity contribution < 1.29 is 4.74 Å². The second-order valence-corrected chi connectivity index (χ2v) is 4.93. The summed E-state index contributed by atoms with van der Waals surface area (Å²) < 4.78 is 5.41. The van der Waals surface area contributed by atoms with Gasteiger partial charge in [0.2, 0.25) is 0 Å². The van der Waals surface area contributed by atoms with Crippen molar-refractivity contribution in [1.29, 1.82) is 0 Å². The van der Waals surface area contributed by atoms with E-state index in [-0.39, 0.29) is 6.04 Å². The van der Waals surface area contributed by atoms with Crippen LogP contribution in [-0.2, 0) is 0 Å². The van der Waals surface area contributed by atoms with E-state index in [1.54, 1.807) is 0 Å². The van der Waals surface area contributed by atoms with Gasteiger partial charge >= 0.3 is 0 Å². The Kier molecular flexibility index (Phi) is 6.06. The SMILES string of the molecule is CCOc1ccc(C(N)CCCC(C)C)cc1. The van der Waals surface area contributed by atoms with Gasteiger partial charge < -0.3 is 10.5 Å². The summed E-state index contributed by atoms with van der Waals surface area (Å²) in [7, 11) is 0. The van der Waals surface area contributed by atoms with Crippen LogP contribution in [0.3, 0.4) is 0 Å². The molecule has 0 fully saturated rings. The van der Waals surface area contributed by atoms with Crippen LogP contribution in [0.15, 0.2) is 24.3 Å². The zero-order valence-corrected chi connectivity index (χ0v) is 11.3. The Bertz CT molecular complexity index is 305. The first-order valence-electron chi connectivity index (χ1n) is 6.61. The minimum atomic E-state index is 0.157. The van der Waals surface area contributed by atoms with Crippen LogP contribution in [0, 0.1) is 5.92 Å². The van der Waals surface area contributed by atoms with E-state index >= 15 is 0 Å². The van der Waals surface area contributed by atoms with Crippen LogP contribution >= 0.6 is 0 Å². The predicted molar refractivity (Wildman–Crippen MR) is 73.2 cm³/mol. The molecule has 2 heteroatoms. The smallest absolute Gasteiger partial charge is 0.119 e. The van der Waals surface area contributed by atoms with E-state index in [4.69, 9.17) is 10.5 Å². The first kappa shape index (κ1) is 14.0. The van der Waals surface area contributed by atoms with E-state index in [1.165, 1.54) is 18.4 Å². The fourth-order valence-electron chi connectivity index (χ4n) is 1.89. The van der Waals surface area contributed by atoms with E-state index in [1.807, 2.05) is 19.1 Å². The highest BCUT2D eigenvalue weighted by molar-refractivity contribution is 5.28. The van der Waals surface area contributed by atoms with Gasteiger partial charge in [0.1, 0.15) is 5.75 Å². The summed E-state index contributed by atoms with van der Waals surface area (Å²) in [5, 5.41) is 0. The second-order valence-electron chi connectivity index (χ2n) is 4.93. The predicted octanol–water partition coefficient (Wildman–Crippen LogP) is 3.91. The summed E-state index contributed by atoms with van der Waals surface area (Å²) in [5.74, 6) is 1.69. The van der Waals surface area contributed by atoms with Gasteiger partial charge in [-0.3, -0.25) is 0 Å². The molecule has 2 N–H and O–H groups in total. The van der Waals surface area contributed by atoms with Crippen molar-refractivity contribution in [2.75, 3.05) is 6.61 Å². The van der Waals surface area contributed by atoms with Crippen LogP contribution in [0.1, 0.15) is 51.6 Å². The van der Waals surface area contributed by atoms with Gasteiger partial charge in [0.15, 0.2) is 0 Å². The zero-order chi connectivity index (χ0) is 12.7. The van der Waals surface area contributed by atoms with Gasteiger partial charge in [0, 0.05) is 6.04 Å². The molecule has 1 atom stereocenters. The molecule has 1 aromatic rings. The Hall–Kier alpha value is -1.02. The highest BCUT2D eigenvalue weighted by atomic mass is 16.5. The van der Waals surface area contributed by atoms with Crippen molar-refractivity contribution in [1.82, 2.24) is 0 Å². The lowest BCUT2D eigenvalue weighted by atomic mass is 9.99. The van der Waals surface area contributed by atoms with E-state index in [9.17, 15) is 0 Å². The van der Waals surface area contributed by atoms with Crippen LogP contribution < -0.4 is 10.5 Å². The number of hydrogen-bond acceptors (Lipinski definition) is 2. The molecule has 0 amide bonds. The maximum atomic E-state index is 6.16. The summed E-state index contributed by atoms with van der Waals surface area (Å²) in [6, 6.07) is 8.31. The van der Waals surface area contributed by atoms with Crippen molar-refractivity contribution in [3.8, 4) is 5.75 Å². The summed E-state index contributed by atoms with van der Waals surface area (Å²) >= 11 is 0. The minimum Gasteiger partial charge on any atom is -0.494 e. The highest BCUT2D eigenvalue weighted by Gasteiger charge is 2.06. The average molecular weight is 235 g/mol. The summed E-state index contributed by atoms with van der Waals surface area (Å²) in [4.78, 5) is 0. The summed E-state index contributed by atoms with van der Waals surface area (Å²) in [5.41, 5.74) is 7.37. The normalized spacial score (nSPS) is 12.8. The second kappa shape index (κ2) is 7.33. The molecule has 2 nitrogen and oxygen atoms in total. The number of hydrogen-bond donors (Lipinski definition) is 1. The van der Waals surface area contributed by atoms with Crippen LogP contribution in [0.4, 0.5) is 0 Å². The number of benzene rings is 1. The summed E-state index contributed by atoms with van der Waals surface area (Å²) in [6.45, 7) is 7.20. The first-order chi connectivity index (χ1) is 8.13. The molecule has 0 aliphatic heterocycles. The molecule has 0 bridgehead atoms. The largest absolute Gasteiger partial charge is 0.494 e. The molecule has 17 heavy (non-hydrogen) atoms. The molecule has 0 saturated heterocycles. The topological polar surface area (TPSA) is 35.2 Å². The lowest BCUT2D eigenvalue weighted by Gasteiger charge is -2.13. The zero-order valence-electron chi connectivity index (χ0n) is 11.3. The molecule has 1 rings (SSSR count). The Morgan fingerprint density at radius 1 is 1.12 bits per heavy atom. The number of nitrogens with two attached hydrogens (primary N) is 1. The molecule has 0 aromatic heterocycles. The molecule has 0 heterocycles. The fourth-order valence-corrected chi connectivity index (χ4v) is 1.89. The minimum absolute atomic E-state index is 0.157. The van der Waals surface area contributed by atoms with E-state index < -0.39 is 0 Å². The first-order valence-corrected chi connectivity index (χ1v) is 6.61. The monoisotopic (exact) mass is 235 g/mol. The number of rotatable bonds is 7. The van der Waals surface area contributed by atoms with Gasteiger partial charge in [0.05, 0.1) is 6.61 Å². The van der Waals surface area contributed by atoms with Gasteiger partial charge in [-0.2, -0.15) is 0 Å². The van der Waals surface area contributed by atoms with Gasteiger partial charge in [-0.05, 0) is 37.0 Å². The Morgan fingerprint density at radius 2 is 1.76 bits per heavy atom. The third-order valence-corrected chi connectivity index (χ3v) is 2.92. The van der Waals surface area contributed by atoms with E-state index in [0.717, 1.165) is 18.1 Å². The maximum Gasteiger partial charge on any atom is 0.119 e. The molecule has 0 radical (unpaired) electrons. The van der Waals surface area contributed by atoms with Crippen molar-refractivity contribution >= 4 is 0 Å². The van der Waals surface area contributed by atoms with Crippen molar-refractivity contribution in [3.63, 3.8) is 0 Å². The van der Waals surface area contributed by atoms with Crippen LogP contribution in [-0.4, -0.2) is 6.61 Å². The number of ether oxygens (including phenoxy) is 1. The standard InChI is InChI=1S/C15H25NO/c1-4-17-14-10-8-13(9-11-14)15(16)7-5-6-12(2)3/h8-12,15H,4-7,16H2,1-3H3. The van der Waals surface area contributed by atoms with Gasteiger partial charge in [-0.15, -0.1) is 0 Å². The average Bonchev–Trinajstić information content (AvgIpc) is 2.30. The fraction of sp³-hybridized carbons (Fsp3) is 0.600. The lowest BCUT2D eigenvalue weighted by Crippen LogP contribution is -2.10. The Labute approximate surface area is 105 Å². The van der Waals surface area contributed by atoms with Crippen LogP contribution in [0.25, 0.3) is 0 Å². The Balaban J connectivity index is 2.43. The summed E-state index contributed by atoms with van der Waals surface area (Å²) in [6.07, 6.45) is 3.52. The molecule has 0 aliphatic rings. The Morgan fingerprint density at radius 3 is 2.29 bits per heavy atom.